The molecule has 1 N–H and O–H groups in total. The van der Waals surface area contributed by atoms with Gasteiger partial charge in [-0.15, -0.1) is 0 Å². The van der Waals surface area contributed by atoms with Gasteiger partial charge in [0.2, 0.25) is 5.75 Å². The van der Waals surface area contributed by atoms with Crippen LogP contribution in [0.5, 0.6) is 17.2 Å². The Morgan fingerprint density at radius 2 is 1.94 bits per heavy atom. The van der Waals surface area contributed by atoms with Gasteiger partial charge in [0.15, 0.2) is 11.5 Å². The van der Waals surface area contributed by atoms with Gasteiger partial charge in [0.1, 0.15) is 13.2 Å². The third-order valence-electron chi connectivity index (χ3n) is 3.17. The Bertz CT molecular complexity index is 419. The molecule has 2 heterocycles. The molecule has 4 heteroatoms. The molecule has 1 unspecified atom stereocenters. The van der Waals surface area contributed by atoms with Crippen molar-refractivity contribution >= 4 is 0 Å². The smallest absolute Gasteiger partial charge is 0.204 e. The van der Waals surface area contributed by atoms with Gasteiger partial charge < -0.3 is 19.5 Å². The average Bonchev–Trinajstić information content (AvgIpc) is 2.39. The first-order valence-corrected chi connectivity index (χ1v) is 6.19. The molecule has 2 aliphatic rings. The lowest BCUT2D eigenvalue weighted by atomic mass is 9.99. The van der Waals surface area contributed by atoms with Crippen LogP contribution in [0.25, 0.3) is 0 Å². The van der Waals surface area contributed by atoms with E-state index in [1.54, 1.807) is 0 Å². The van der Waals surface area contributed by atoms with Crippen LogP contribution in [0.15, 0.2) is 12.1 Å². The van der Waals surface area contributed by atoms with Crippen LogP contribution in [0, 0.1) is 0 Å². The first-order valence-electron chi connectivity index (χ1n) is 6.19. The van der Waals surface area contributed by atoms with Gasteiger partial charge in [-0.3, -0.25) is 0 Å². The number of ether oxygens (including phenoxy) is 3. The molecule has 2 aliphatic heterocycles. The molecule has 0 saturated carbocycles. The molecule has 0 bridgehead atoms. The van der Waals surface area contributed by atoms with Crippen LogP contribution >= 0.6 is 0 Å². The van der Waals surface area contributed by atoms with Gasteiger partial charge in [0, 0.05) is 18.0 Å². The molecule has 92 valence electrons. The molecule has 0 aromatic heterocycles. The minimum absolute atomic E-state index is 0.361. The fourth-order valence-electron chi connectivity index (χ4n) is 2.42. The van der Waals surface area contributed by atoms with Crippen molar-refractivity contribution < 1.29 is 14.2 Å². The van der Waals surface area contributed by atoms with E-state index in [1.165, 1.54) is 5.56 Å². The quantitative estimate of drug-likeness (QED) is 0.849. The van der Waals surface area contributed by atoms with Crippen molar-refractivity contribution in [1.29, 1.82) is 0 Å². The molecule has 1 atom stereocenters. The summed E-state index contributed by atoms with van der Waals surface area (Å²) in [6, 6.07) is 4.42. The maximum absolute atomic E-state index is 5.75. The lowest BCUT2D eigenvalue weighted by molar-refractivity contribution is 0.156. The Kier molecular flexibility index (Phi) is 2.81. The van der Waals surface area contributed by atoms with E-state index in [0.717, 1.165) is 36.8 Å². The summed E-state index contributed by atoms with van der Waals surface area (Å²) in [5.41, 5.74) is 1.18. The molecular weight excluding hydrogens is 218 g/mol. The van der Waals surface area contributed by atoms with Gasteiger partial charge >= 0.3 is 0 Å². The summed E-state index contributed by atoms with van der Waals surface area (Å²) in [6.45, 7) is 5.01. The Hall–Kier alpha value is -1.42. The predicted octanol–water partition coefficient (Wildman–Crippen LogP) is 1.89. The van der Waals surface area contributed by atoms with E-state index >= 15 is 0 Å². The van der Waals surface area contributed by atoms with Gasteiger partial charge in [-0.05, 0) is 18.7 Å². The SMILES string of the molecule is CCNC1CCOc2c1ccc1c2OCCO1. The standard InChI is InChI=1S/C13H17NO3/c1-2-14-10-5-6-16-12-9(10)3-4-11-13(12)17-8-7-15-11/h3-4,10,14H,2,5-8H2,1H3. The highest BCUT2D eigenvalue weighted by Gasteiger charge is 2.27. The Morgan fingerprint density at radius 3 is 2.82 bits per heavy atom. The zero-order valence-corrected chi connectivity index (χ0v) is 9.99. The van der Waals surface area contributed by atoms with E-state index in [2.05, 4.69) is 18.3 Å². The predicted molar refractivity (Wildman–Crippen MR) is 64.0 cm³/mol. The summed E-state index contributed by atoms with van der Waals surface area (Å²) in [4.78, 5) is 0. The van der Waals surface area contributed by atoms with Crippen LogP contribution in [0.4, 0.5) is 0 Å². The first-order chi connectivity index (χ1) is 8.40. The number of rotatable bonds is 2. The molecule has 1 aromatic rings. The molecule has 4 nitrogen and oxygen atoms in total. The minimum Gasteiger partial charge on any atom is -0.489 e. The highest BCUT2D eigenvalue weighted by Crippen LogP contribution is 2.46. The average molecular weight is 235 g/mol. The third-order valence-corrected chi connectivity index (χ3v) is 3.17. The van der Waals surface area contributed by atoms with Gasteiger partial charge in [-0.1, -0.05) is 6.92 Å². The highest BCUT2D eigenvalue weighted by molar-refractivity contribution is 5.57. The monoisotopic (exact) mass is 235 g/mol. The molecular formula is C13H17NO3. The summed E-state index contributed by atoms with van der Waals surface area (Å²) in [6.07, 6.45) is 1.00. The lowest BCUT2D eigenvalue weighted by Crippen LogP contribution is -2.28. The second-order valence-electron chi connectivity index (χ2n) is 4.26. The van der Waals surface area contributed by atoms with Gasteiger partial charge in [0.05, 0.1) is 6.61 Å². The first kappa shape index (κ1) is 10.7. The molecule has 0 fully saturated rings. The van der Waals surface area contributed by atoms with Crippen LogP contribution in [-0.4, -0.2) is 26.4 Å². The topological polar surface area (TPSA) is 39.7 Å². The van der Waals surface area contributed by atoms with Gasteiger partial charge in [0.25, 0.3) is 0 Å². The molecule has 1 aromatic carbocycles. The van der Waals surface area contributed by atoms with E-state index in [1.807, 2.05) is 6.07 Å². The van der Waals surface area contributed by atoms with Crippen molar-refractivity contribution in [3.63, 3.8) is 0 Å². The Labute approximate surface area is 101 Å². The van der Waals surface area contributed by atoms with E-state index in [0.29, 0.717) is 19.3 Å². The summed E-state index contributed by atoms with van der Waals surface area (Å²) >= 11 is 0. The molecule has 0 amide bonds. The molecule has 17 heavy (non-hydrogen) atoms. The van der Waals surface area contributed by atoms with Crippen LogP contribution in [0.3, 0.4) is 0 Å². The summed E-state index contributed by atoms with van der Waals surface area (Å²) in [5.74, 6) is 2.43. The highest BCUT2D eigenvalue weighted by atomic mass is 16.6. The van der Waals surface area contributed by atoms with E-state index in [9.17, 15) is 0 Å². The van der Waals surface area contributed by atoms with E-state index in [-0.39, 0.29) is 0 Å². The summed E-state index contributed by atoms with van der Waals surface area (Å²) < 4.78 is 17.0. The number of nitrogens with one attached hydrogen (secondary N) is 1. The second-order valence-corrected chi connectivity index (χ2v) is 4.26. The number of benzene rings is 1. The van der Waals surface area contributed by atoms with Crippen molar-refractivity contribution in [3.8, 4) is 17.2 Å². The largest absolute Gasteiger partial charge is 0.489 e. The normalized spacial score (nSPS) is 21.6. The number of hydrogen-bond acceptors (Lipinski definition) is 4. The fraction of sp³-hybridized carbons (Fsp3) is 0.538. The third kappa shape index (κ3) is 1.82. The number of hydrogen-bond donors (Lipinski definition) is 1. The van der Waals surface area contributed by atoms with E-state index in [4.69, 9.17) is 14.2 Å². The van der Waals surface area contributed by atoms with E-state index < -0.39 is 0 Å². The van der Waals surface area contributed by atoms with Crippen LogP contribution in [-0.2, 0) is 0 Å². The fourth-order valence-corrected chi connectivity index (χ4v) is 2.42. The second kappa shape index (κ2) is 4.45. The minimum atomic E-state index is 0.361. The number of fused-ring (bicyclic) bond motifs is 3. The Balaban J connectivity index is 2.01. The van der Waals surface area contributed by atoms with Crippen LogP contribution in [0.1, 0.15) is 24.9 Å². The molecule has 0 spiro atoms. The van der Waals surface area contributed by atoms with Crippen molar-refractivity contribution in [2.45, 2.75) is 19.4 Å². The van der Waals surface area contributed by atoms with Crippen LogP contribution in [0.2, 0.25) is 0 Å². The Morgan fingerprint density at radius 1 is 1.12 bits per heavy atom. The molecule has 0 saturated heterocycles. The molecule has 3 rings (SSSR count). The maximum atomic E-state index is 5.75. The summed E-state index contributed by atoms with van der Waals surface area (Å²) in [5, 5.41) is 3.47. The zero-order valence-electron chi connectivity index (χ0n) is 9.99. The van der Waals surface area contributed by atoms with Crippen molar-refractivity contribution in [3.05, 3.63) is 17.7 Å². The molecule has 0 radical (unpaired) electrons. The van der Waals surface area contributed by atoms with Gasteiger partial charge in [-0.2, -0.15) is 0 Å². The van der Waals surface area contributed by atoms with Crippen molar-refractivity contribution in [1.82, 2.24) is 5.32 Å². The van der Waals surface area contributed by atoms with Crippen molar-refractivity contribution in [2.24, 2.45) is 0 Å². The maximum Gasteiger partial charge on any atom is 0.204 e. The van der Waals surface area contributed by atoms with Crippen LogP contribution < -0.4 is 19.5 Å². The zero-order chi connectivity index (χ0) is 11.7. The van der Waals surface area contributed by atoms with Gasteiger partial charge in [-0.25, -0.2) is 0 Å². The molecule has 0 aliphatic carbocycles. The summed E-state index contributed by atoms with van der Waals surface area (Å²) in [7, 11) is 0. The lowest BCUT2D eigenvalue weighted by Gasteiger charge is -2.30. The van der Waals surface area contributed by atoms with Crippen molar-refractivity contribution in [2.75, 3.05) is 26.4 Å².